The number of rotatable bonds is 2. The van der Waals surface area contributed by atoms with Gasteiger partial charge < -0.3 is 0 Å². The van der Waals surface area contributed by atoms with Crippen LogP contribution in [-0.4, -0.2) is 34.1 Å². The van der Waals surface area contributed by atoms with Gasteiger partial charge in [-0.25, -0.2) is 14.3 Å². The van der Waals surface area contributed by atoms with Crippen LogP contribution >= 0.6 is 0 Å². The summed E-state index contributed by atoms with van der Waals surface area (Å²) in [5.74, 6) is -2.06. The maximum atomic E-state index is 13.7. The molecule has 1 aliphatic heterocycles. The van der Waals surface area contributed by atoms with E-state index in [4.69, 9.17) is 0 Å². The van der Waals surface area contributed by atoms with E-state index in [0.29, 0.717) is 11.1 Å². The van der Waals surface area contributed by atoms with Crippen molar-refractivity contribution in [2.24, 2.45) is 0 Å². The zero-order chi connectivity index (χ0) is 17.6. The van der Waals surface area contributed by atoms with Gasteiger partial charge in [0.15, 0.2) is 5.82 Å². The molecular formula is C11H6F7N3O2. The van der Waals surface area contributed by atoms with Crippen LogP contribution in [0.1, 0.15) is 18.5 Å². The fourth-order valence-electron chi connectivity index (χ4n) is 1.90. The molecule has 23 heavy (non-hydrogen) atoms. The standard InChI is InChI=1S/C11H6F7N3O2/c12-9(10(13,14)15,11(16,17)18)5-3-20-6(4-19-5)21-7(22)1-2-8(21)23/h3-4H,1-2H2. The van der Waals surface area contributed by atoms with E-state index in [0.717, 1.165) is 0 Å². The maximum absolute atomic E-state index is 13.7. The van der Waals surface area contributed by atoms with E-state index in [2.05, 4.69) is 9.97 Å². The molecule has 5 nitrogen and oxygen atoms in total. The SMILES string of the molecule is O=C1CCC(=O)N1c1cnc(C(F)(C(F)(F)F)C(F)(F)F)cn1. The number of amides is 2. The third-order valence-corrected chi connectivity index (χ3v) is 3.05. The van der Waals surface area contributed by atoms with Gasteiger partial charge in [0.25, 0.3) is 0 Å². The third kappa shape index (κ3) is 2.61. The van der Waals surface area contributed by atoms with Gasteiger partial charge in [0.05, 0.1) is 12.4 Å². The summed E-state index contributed by atoms with van der Waals surface area (Å²) in [5.41, 5.74) is -7.76. The van der Waals surface area contributed by atoms with Gasteiger partial charge in [-0.3, -0.25) is 14.6 Å². The second kappa shape index (κ2) is 5.13. The average Bonchev–Trinajstić information content (AvgIpc) is 2.75. The molecular weight excluding hydrogens is 339 g/mol. The van der Waals surface area contributed by atoms with Gasteiger partial charge in [-0.1, -0.05) is 0 Å². The van der Waals surface area contributed by atoms with Crippen LogP contribution < -0.4 is 4.90 Å². The Morgan fingerprint density at radius 2 is 1.30 bits per heavy atom. The molecule has 1 saturated heterocycles. The molecule has 0 radical (unpaired) electrons. The van der Waals surface area contributed by atoms with Crippen LogP contribution in [0.5, 0.6) is 0 Å². The molecule has 1 aromatic rings. The lowest BCUT2D eigenvalue weighted by atomic mass is 10.0. The minimum absolute atomic E-state index is 0.102. The summed E-state index contributed by atoms with van der Waals surface area (Å²) in [5, 5.41) is 0. The minimum Gasteiger partial charge on any atom is -0.274 e. The quantitative estimate of drug-likeness (QED) is 0.610. The highest BCUT2D eigenvalue weighted by Crippen LogP contribution is 2.52. The lowest BCUT2D eigenvalue weighted by Gasteiger charge is -2.29. The van der Waals surface area contributed by atoms with E-state index < -0.39 is 41.3 Å². The van der Waals surface area contributed by atoms with Crippen molar-refractivity contribution in [1.29, 1.82) is 0 Å². The Hall–Kier alpha value is -2.27. The molecule has 0 aliphatic carbocycles. The van der Waals surface area contributed by atoms with Gasteiger partial charge in [0.2, 0.25) is 11.8 Å². The van der Waals surface area contributed by atoms with E-state index in [9.17, 15) is 40.3 Å². The third-order valence-electron chi connectivity index (χ3n) is 3.05. The molecule has 0 spiro atoms. The lowest BCUT2D eigenvalue weighted by Crippen LogP contribution is -2.51. The number of carbonyl (C=O) groups excluding carboxylic acids is 2. The first-order valence-electron chi connectivity index (χ1n) is 5.90. The Kier molecular flexibility index (Phi) is 3.81. The fraction of sp³-hybridized carbons (Fsp3) is 0.455. The molecule has 0 bridgehead atoms. The number of aromatic nitrogens is 2. The summed E-state index contributed by atoms with van der Waals surface area (Å²) in [6.45, 7) is 0. The fourth-order valence-corrected chi connectivity index (χ4v) is 1.90. The first-order valence-corrected chi connectivity index (χ1v) is 5.90. The molecule has 0 unspecified atom stereocenters. The van der Waals surface area contributed by atoms with Crippen molar-refractivity contribution in [2.75, 3.05) is 4.90 Å². The molecule has 1 fully saturated rings. The van der Waals surface area contributed by atoms with Crippen LogP contribution in [0.25, 0.3) is 0 Å². The smallest absolute Gasteiger partial charge is 0.274 e. The molecule has 0 saturated carbocycles. The predicted molar refractivity (Wildman–Crippen MR) is 58.7 cm³/mol. The Labute approximate surface area is 123 Å². The van der Waals surface area contributed by atoms with Crippen LogP contribution in [0.15, 0.2) is 12.4 Å². The van der Waals surface area contributed by atoms with E-state index in [1.165, 1.54) is 0 Å². The summed E-state index contributed by atoms with van der Waals surface area (Å²) in [6.07, 6.45) is -12.8. The molecule has 126 valence electrons. The van der Waals surface area contributed by atoms with Crippen molar-refractivity contribution in [2.45, 2.75) is 30.9 Å². The summed E-state index contributed by atoms with van der Waals surface area (Å²) in [6, 6.07) is 0. The first-order chi connectivity index (χ1) is 10.4. The van der Waals surface area contributed by atoms with Crippen molar-refractivity contribution in [1.82, 2.24) is 9.97 Å². The van der Waals surface area contributed by atoms with Gasteiger partial charge in [-0.2, -0.15) is 26.3 Å². The van der Waals surface area contributed by atoms with Crippen molar-refractivity contribution < 1.29 is 40.3 Å². The number of hydrogen-bond donors (Lipinski definition) is 0. The molecule has 2 rings (SSSR count). The lowest BCUT2D eigenvalue weighted by molar-refractivity contribution is -0.350. The summed E-state index contributed by atoms with van der Waals surface area (Å²) in [4.78, 5) is 29.1. The topological polar surface area (TPSA) is 63.2 Å². The molecule has 0 N–H and O–H groups in total. The summed E-state index contributed by atoms with van der Waals surface area (Å²) >= 11 is 0. The summed E-state index contributed by atoms with van der Waals surface area (Å²) in [7, 11) is 0. The van der Waals surface area contributed by atoms with Crippen LogP contribution in [0.4, 0.5) is 36.6 Å². The highest BCUT2D eigenvalue weighted by Gasteiger charge is 2.74. The molecule has 0 atom stereocenters. The minimum atomic E-state index is -6.32. The van der Waals surface area contributed by atoms with E-state index in [1.54, 1.807) is 0 Å². The van der Waals surface area contributed by atoms with Crippen LogP contribution in [0.3, 0.4) is 0 Å². The van der Waals surface area contributed by atoms with Gasteiger partial charge in [0.1, 0.15) is 5.69 Å². The van der Waals surface area contributed by atoms with Crippen molar-refractivity contribution in [3.63, 3.8) is 0 Å². The normalized spacial score (nSPS) is 17.1. The number of hydrogen-bond acceptors (Lipinski definition) is 4. The molecule has 1 aromatic heterocycles. The number of nitrogens with zero attached hydrogens (tertiary/aromatic N) is 3. The molecule has 2 amide bonds. The van der Waals surface area contributed by atoms with Gasteiger partial charge in [0, 0.05) is 12.8 Å². The monoisotopic (exact) mass is 345 g/mol. The van der Waals surface area contributed by atoms with Crippen LogP contribution in [0.2, 0.25) is 0 Å². The second-order valence-electron chi connectivity index (χ2n) is 4.54. The van der Waals surface area contributed by atoms with Crippen molar-refractivity contribution in [3.05, 3.63) is 18.1 Å². The maximum Gasteiger partial charge on any atom is 0.437 e. The van der Waals surface area contributed by atoms with Crippen molar-refractivity contribution in [3.8, 4) is 0 Å². The molecule has 1 aliphatic rings. The highest BCUT2D eigenvalue weighted by atomic mass is 19.4. The zero-order valence-electron chi connectivity index (χ0n) is 10.9. The Morgan fingerprint density at radius 3 is 1.65 bits per heavy atom. The predicted octanol–water partition coefficient (Wildman–Crippen LogP) is 2.42. The van der Waals surface area contributed by atoms with E-state index in [1.807, 2.05) is 0 Å². The van der Waals surface area contributed by atoms with Gasteiger partial charge in [-0.05, 0) is 0 Å². The van der Waals surface area contributed by atoms with E-state index >= 15 is 0 Å². The number of carbonyl (C=O) groups is 2. The molecule has 12 heteroatoms. The number of halogens is 7. The highest BCUT2D eigenvalue weighted by molar-refractivity contribution is 6.19. The van der Waals surface area contributed by atoms with Crippen LogP contribution in [-0.2, 0) is 15.3 Å². The molecule has 0 aromatic carbocycles. The zero-order valence-corrected chi connectivity index (χ0v) is 10.9. The first kappa shape index (κ1) is 17.1. The number of anilines is 1. The largest absolute Gasteiger partial charge is 0.437 e. The average molecular weight is 345 g/mol. The Morgan fingerprint density at radius 1 is 0.826 bits per heavy atom. The second-order valence-corrected chi connectivity index (χ2v) is 4.54. The number of alkyl halides is 7. The summed E-state index contributed by atoms with van der Waals surface area (Å²) < 4.78 is 88.9. The molecule has 2 heterocycles. The van der Waals surface area contributed by atoms with Gasteiger partial charge >= 0.3 is 18.0 Å². The number of imide groups is 1. The van der Waals surface area contributed by atoms with Gasteiger partial charge in [-0.15, -0.1) is 0 Å². The Balaban J connectivity index is 2.45. The van der Waals surface area contributed by atoms with Crippen LogP contribution in [0, 0.1) is 0 Å². The van der Waals surface area contributed by atoms with E-state index in [-0.39, 0.29) is 19.0 Å². The Bertz CT molecular complexity index is 609. The van der Waals surface area contributed by atoms with Crippen molar-refractivity contribution >= 4 is 17.6 Å².